The maximum Gasteiger partial charge on any atom is 0.321 e. The minimum absolute atomic E-state index is 0.0761. The predicted octanol–water partition coefficient (Wildman–Crippen LogP) is 4.08. The van der Waals surface area contributed by atoms with E-state index in [4.69, 9.17) is 11.6 Å². The van der Waals surface area contributed by atoms with Crippen LogP contribution in [0.15, 0.2) is 54.7 Å². The van der Waals surface area contributed by atoms with E-state index >= 15 is 0 Å². The van der Waals surface area contributed by atoms with Crippen LogP contribution in [0.25, 0.3) is 6.08 Å². The first-order valence-corrected chi connectivity index (χ1v) is 7.64. The molecule has 2 amide bonds. The number of nitrogens with one attached hydrogen (secondary N) is 1. The molecule has 0 bridgehead atoms. The van der Waals surface area contributed by atoms with Crippen LogP contribution in [0.5, 0.6) is 0 Å². The Morgan fingerprint density at radius 3 is 2.77 bits per heavy atom. The average Bonchev–Trinajstić information content (AvgIpc) is 2.54. The van der Waals surface area contributed by atoms with Crippen molar-refractivity contribution in [2.75, 3.05) is 6.54 Å². The van der Waals surface area contributed by atoms with Gasteiger partial charge in [0, 0.05) is 24.3 Å². The summed E-state index contributed by atoms with van der Waals surface area (Å²) >= 11 is 5.93. The Morgan fingerprint density at radius 2 is 1.95 bits per heavy atom. The van der Waals surface area contributed by atoms with Crippen LogP contribution in [0.2, 0.25) is 5.02 Å². The molecule has 1 N–H and O–H groups in total. The van der Waals surface area contributed by atoms with Gasteiger partial charge in [0.2, 0.25) is 0 Å². The molecule has 2 aromatic rings. The third-order valence-corrected chi connectivity index (χ3v) is 3.98. The quantitative estimate of drug-likeness (QED) is 0.890. The molecular formula is C18H17ClN2O. The molecule has 0 fully saturated rings. The summed E-state index contributed by atoms with van der Waals surface area (Å²) in [7, 11) is 0. The van der Waals surface area contributed by atoms with E-state index < -0.39 is 0 Å². The van der Waals surface area contributed by atoms with Crippen LogP contribution in [0.1, 0.15) is 16.7 Å². The summed E-state index contributed by atoms with van der Waals surface area (Å²) in [5, 5.41) is 3.50. The van der Waals surface area contributed by atoms with E-state index in [1.165, 1.54) is 11.1 Å². The topological polar surface area (TPSA) is 32.3 Å². The average molecular weight is 313 g/mol. The summed E-state index contributed by atoms with van der Waals surface area (Å²) in [5.41, 5.74) is 3.51. The van der Waals surface area contributed by atoms with Crippen molar-refractivity contribution in [3.05, 3.63) is 76.4 Å². The highest BCUT2D eigenvalue weighted by Gasteiger charge is 2.19. The normalized spacial score (nSPS) is 14.0. The molecule has 0 aliphatic carbocycles. The largest absolute Gasteiger partial charge is 0.321 e. The van der Waals surface area contributed by atoms with Crippen molar-refractivity contribution in [3.63, 3.8) is 0 Å². The van der Waals surface area contributed by atoms with Crippen molar-refractivity contribution in [1.82, 2.24) is 10.2 Å². The van der Waals surface area contributed by atoms with Crippen LogP contribution >= 0.6 is 11.6 Å². The molecule has 0 radical (unpaired) electrons. The van der Waals surface area contributed by atoms with Gasteiger partial charge in [0.25, 0.3) is 0 Å². The summed E-state index contributed by atoms with van der Waals surface area (Å²) in [4.78, 5) is 14.0. The summed E-state index contributed by atoms with van der Waals surface area (Å²) in [6, 6.07) is 15.7. The highest BCUT2D eigenvalue weighted by molar-refractivity contribution is 6.30. The number of rotatable bonds is 2. The van der Waals surface area contributed by atoms with Crippen molar-refractivity contribution in [2.24, 2.45) is 0 Å². The first-order chi connectivity index (χ1) is 10.7. The molecule has 112 valence electrons. The van der Waals surface area contributed by atoms with Crippen LogP contribution in [0, 0.1) is 0 Å². The summed E-state index contributed by atoms with van der Waals surface area (Å²) < 4.78 is 0. The first-order valence-electron chi connectivity index (χ1n) is 7.27. The van der Waals surface area contributed by atoms with E-state index in [2.05, 4.69) is 17.4 Å². The minimum atomic E-state index is -0.0761. The van der Waals surface area contributed by atoms with E-state index in [1.54, 1.807) is 6.20 Å². The number of carbonyl (C=O) groups excluding carboxylic acids is 1. The molecular weight excluding hydrogens is 296 g/mol. The fourth-order valence-corrected chi connectivity index (χ4v) is 2.78. The van der Waals surface area contributed by atoms with Gasteiger partial charge in [0.05, 0.1) is 0 Å². The van der Waals surface area contributed by atoms with Gasteiger partial charge >= 0.3 is 6.03 Å². The number of halogens is 1. The number of nitrogens with zero attached hydrogens (tertiary/aromatic N) is 1. The second-order valence-corrected chi connectivity index (χ2v) is 5.71. The number of benzene rings is 2. The number of hydrogen-bond acceptors (Lipinski definition) is 1. The van der Waals surface area contributed by atoms with Crippen LogP contribution in [0.4, 0.5) is 4.79 Å². The van der Waals surface area contributed by atoms with Crippen molar-refractivity contribution in [1.29, 1.82) is 0 Å². The number of carbonyl (C=O) groups is 1. The molecule has 0 aromatic heterocycles. The lowest BCUT2D eigenvalue weighted by Crippen LogP contribution is -2.40. The molecule has 0 saturated carbocycles. The van der Waals surface area contributed by atoms with Gasteiger partial charge in [0.15, 0.2) is 0 Å². The molecule has 0 atom stereocenters. The van der Waals surface area contributed by atoms with Crippen LogP contribution in [-0.2, 0) is 13.0 Å². The number of fused-ring (bicyclic) bond motifs is 1. The monoisotopic (exact) mass is 312 g/mol. The summed E-state index contributed by atoms with van der Waals surface area (Å²) in [6.45, 7) is 1.40. The number of amides is 2. The maximum absolute atomic E-state index is 12.2. The van der Waals surface area contributed by atoms with E-state index in [-0.39, 0.29) is 6.03 Å². The van der Waals surface area contributed by atoms with Crippen molar-refractivity contribution < 1.29 is 4.79 Å². The molecule has 4 heteroatoms. The lowest BCUT2D eigenvalue weighted by molar-refractivity contribution is 0.196. The Kier molecular flexibility index (Phi) is 4.45. The third kappa shape index (κ3) is 3.49. The van der Waals surface area contributed by atoms with Gasteiger partial charge in [-0.1, -0.05) is 48.0 Å². The van der Waals surface area contributed by atoms with Crippen molar-refractivity contribution in [2.45, 2.75) is 13.0 Å². The molecule has 0 spiro atoms. The smallest absolute Gasteiger partial charge is 0.320 e. The molecule has 22 heavy (non-hydrogen) atoms. The van der Waals surface area contributed by atoms with Gasteiger partial charge in [-0.15, -0.1) is 0 Å². The van der Waals surface area contributed by atoms with Crippen LogP contribution in [0.3, 0.4) is 0 Å². The van der Waals surface area contributed by atoms with E-state index in [1.807, 2.05) is 47.4 Å². The first kappa shape index (κ1) is 14.7. The van der Waals surface area contributed by atoms with Gasteiger partial charge < -0.3 is 10.2 Å². The molecule has 0 saturated heterocycles. The summed E-state index contributed by atoms with van der Waals surface area (Å²) in [6.07, 6.45) is 4.40. The highest BCUT2D eigenvalue weighted by Crippen LogP contribution is 2.18. The van der Waals surface area contributed by atoms with E-state index in [0.717, 1.165) is 18.5 Å². The predicted molar refractivity (Wildman–Crippen MR) is 89.6 cm³/mol. The van der Waals surface area contributed by atoms with Gasteiger partial charge in [-0.3, -0.25) is 0 Å². The van der Waals surface area contributed by atoms with Gasteiger partial charge in [-0.05, 0) is 41.3 Å². The molecule has 1 aliphatic rings. The van der Waals surface area contributed by atoms with E-state index in [9.17, 15) is 4.79 Å². The zero-order valence-corrected chi connectivity index (χ0v) is 12.9. The fourth-order valence-electron chi connectivity index (χ4n) is 2.58. The van der Waals surface area contributed by atoms with Gasteiger partial charge in [-0.2, -0.15) is 0 Å². The zero-order chi connectivity index (χ0) is 15.4. The van der Waals surface area contributed by atoms with Crippen molar-refractivity contribution in [3.8, 4) is 0 Å². The van der Waals surface area contributed by atoms with Crippen LogP contribution in [-0.4, -0.2) is 17.5 Å². The zero-order valence-electron chi connectivity index (χ0n) is 12.1. The number of urea groups is 1. The minimum Gasteiger partial charge on any atom is -0.320 e. The Hall–Kier alpha value is -2.26. The molecule has 3 nitrogen and oxygen atoms in total. The van der Waals surface area contributed by atoms with E-state index in [0.29, 0.717) is 11.6 Å². The fraction of sp³-hybridized carbons (Fsp3) is 0.167. The maximum atomic E-state index is 12.2. The van der Waals surface area contributed by atoms with Crippen molar-refractivity contribution >= 4 is 23.7 Å². The number of hydrogen-bond donors (Lipinski definition) is 1. The molecule has 1 heterocycles. The summed E-state index contributed by atoms with van der Waals surface area (Å²) in [5.74, 6) is 0. The molecule has 3 rings (SSSR count). The van der Waals surface area contributed by atoms with Gasteiger partial charge in [-0.25, -0.2) is 4.79 Å². The lowest BCUT2D eigenvalue weighted by Gasteiger charge is -2.28. The Morgan fingerprint density at radius 1 is 1.14 bits per heavy atom. The Balaban J connectivity index is 1.59. The standard InChI is InChI=1S/C18H17ClN2O/c19-17-7-3-4-14(12-17)8-10-20-18(22)21-11-9-15-5-1-2-6-16(15)13-21/h1-8,10,12H,9,11,13H2,(H,20,22)/b10-8+. The lowest BCUT2D eigenvalue weighted by atomic mass is 10.0. The Labute approximate surface area is 135 Å². The second kappa shape index (κ2) is 6.67. The Bertz CT molecular complexity index is 712. The SMILES string of the molecule is O=C(N/C=C/c1cccc(Cl)c1)N1CCc2ccccc2C1. The van der Waals surface area contributed by atoms with Crippen LogP contribution < -0.4 is 5.32 Å². The molecule has 0 unspecified atom stereocenters. The second-order valence-electron chi connectivity index (χ2n) is 5.28. The highest BCUT2D eigenvalue weighted by atomic mass is 35.5. The molecule has 2 aromatic carbocycles. The third-order valence-electron chi connectivity index (χ3n) is 3.75. The van der Waals surface area contributed by atoms with Gasteiger partial charge in [0.1, 0.15) is 0 Å². The molecule has 1 aliphatic heterocycles.